The van der Waals surface area contributed by atoms with Crippen LogP contribution in [0.2, 0.25) is 5.02 Å². The van der Waals surface area contributed by atoms with Crippen molar-refractivity contribution < 1.29 is 4.79 Å². The third-order valence-corrected chi connectivity index (χ3v) is 3.27. The number of rotatable bonds is 3. The number of anilines is 2. The topological polar surface area (TPSA) is 48.1 Å². The van der Waals surface area contributed by atoms with Crippen molar-refractivity contribution in [1.82, 2.24) is 4.98 Å². The van der Waals surface area contributed by atoms with E-state index in [2.05, 4.69) is 26.2 Å². The van der Waals surface area contributed by atoms with Crippen LogP contribution in [0.5, 0.6) is 0 Å². The van der Waals surface area contributed by atoms with Crippen molar-refractivity contribution in [3.63, 3.8) is 0 Å². The summed E-state index contributed by atoms with van der Waals surface area (Å²) in [6.07, 6.45) is 1.71. The molecule has 2 rings (SSSR count). The second-order valence-corrected chi connectivity index (χ2v) is 5.59. The Hall–Kier alpha value is -1.46. The van der Waals surface area contributed by atoms with Gasteiger partial charge in [-0.15, -0.1) is 0 Å². The van der Waals surface area contributed by atoms with Gasteiger partial charge in [-0.05, 0) is 40.2 Å². The van der Waals surface area contributed by atoms with Gasteiger partial charge >= 0.3 is 0 Å². The van der Waals surface area contributed by atoms with Gasteiger partial charge in [-0.1, -0.05) is 11.6 Å². The Labute approximate surface area is 124 Å². The average Bonchev–Trinajstić information content (AvgIpc) is 2.75. The first-order valence-electron chi connectivity index (χ1n) is 5.59. The van der Waals surface area contributed by atoms with Crippen molar-refractivity contribution in [1.29, 1.82) is 0 Å². The fourth-order valence-corrected chi connectivity index (χ4v) is 2.20. The first-order chi connectivity index (χ1) is 8.97. The second kappa shape index (κ2) is 5.67. The summed E-state index contributed by atoms with van der Waals surface area (Å²) in [6, 6.07) is 7.10. The summed E-state index contributed by atoms with van der Waals surface area (Å²) in [5.41, 5.74) is 2.05. The van der Waals surface area contributed by atoms with E-state index in [1.807, 2.05) is 25.1 Å². The van der Waals surface area contributed by atoms with Crippen LogP contribution in [0.25, 0.3) is 0 Å². The highest BCUT2D eigenvalue weighted by Crippen LogP contribution is 2.28. The van der Waals surface area contributed by atoms with E-state index in [0.29, 0.717) is 16.4 Å². The second-order valence-electron chi connectivity index (χ2n) is 4.24. The van der Waals surface area contributed by atoms with Crippen LogP contribution in [0.4, 0.5) is 11.4 Å². The molecule has 6 heteroatoms. The zero-order valence-electron chi connectivity index (χ0n) is 10.5. The van der Waals surface area contributed by atoms with Crippen molar-refractivity contribution in [2.75, 3.05) is 24.3 Å². The summed E-state index contributed by atoms with van der Waals surface area (Å²) >= 11 is 9.26. The largest absolute Gasteiger partial charge is 0.376 e. The van der Waals surface area contributed by atoms with E-state index < -0.39 is 0 Å². The van der Waals surface area contributed by atoms with Crippen molar-refractivity contribution >= 4 is 44.8 Å². The van der Waals surface area contributed by atoms with Crippen molar-refractivity contribution in [3.05, 3.63) is 45.7 Å². The van der Waals surface area contributed by atoms with Crippen LogP contribution in [0.15, 0.2) is 34.9 Å². The van der Waals surface area contributed by atoms with Crippen molar-refractivity contribution in [2.45, 2.75) is 0 Å². The lowest BCUT2D eigenvalue weighted by molar-refractivity contribution is 0.102. The van der Waals surface area contributed by atoms with Gasteiger partial charge in [-0.3, -0.25) is 4.79 Å². The van der Waals surface area contributed by atoms with Gasteiger partial charge < -0.3 is 15.2 Å². The van der Waals surface area contributed by atoms with Crippen LogP contribution >= 0.6 is 27.5 Å². The predicted molar refractivity (Wildman–Crippen MR) is 82.2 cm³/mol. The van der Waals surface area contributed by atoms with E-state index >= 15 is 0 Å². The minimum Gasteiger partial charge on any atom is -0.376 e. The molecule has 0 spiro atoms. The SMILES string of the molecule is CN(C)c1ccc(Cl)cc1NC(=O)c1cc(Br)c[nH]1. The maximum absolute atomic E-state index is 12.1. The Bertz CT molecular complexity index is 610. The smallest absolute Gasteiger partial charge is 0.272 e. The summed E-state index contributed by atoms with van der Waals surface area (Å²) in [7, 11) is 3.81. The Morgan fingerprint density at radius 2 is 2.11 bits per heavy atom. The standard InChI is InChI=1S/C13H13BrClN3O/c1-18(2)12-4-3-9(15)6-10(12)17-13(19)11-5-8(14)7-16-11/h3-7,16H,1-2H3,(H,17,19). The third kappa shape index (κ3) is 3.30. The maximum atomic E-state index is 12.1. The number of carbonyl (C=O) groups is 1. The van der Waals surface area contributed by atoms with Gasteiger partial charge in [0.2, 0.25) is 0 Å². The number of H-pyrrole nitrogens is 1. The average molecular weight is 343 g/mol. The summed E-state index contributed by atoms with van der Waals surface area (Å²) in [5.74, 6) is -0.212. The van der Waals surface area contributed by atoms with Gasteiger partial charge in [-0.25, -0.2) is 0 Å². The third-order valence-electron chi connectivity index (χ3n) is 2.58. The van der Waals surface area contributed by atoms with Gasteiger partial charge in [0.25, 0.3) is 5.91 Å². The van der Waals surface area contributed by atoms with Crippen LogP contribution in [-0.2, 0) is 0 Å². The van der Waals surface area contributed by atoms with E-state index in [9.17, 15) is 4.79 Å². The molecule has 19 heavy (non-hydrogen) atoms. The molecule has 0 bridgehead atoms. The molecule has 0 aliphatic rings. The molecule has 2 aromatic rings. The number of nitrogens with zero attached hydrogens (tertiary/aromatic N) is 1. The number of hydrogen-bond acceptors (Lipinski definition) is 2. The molecule has 1 aromatic carbocycles. The molecule has 0 atom stereocenters. The quantitative estimate of drug-likeness (QED) is 0.892. The molecule has 0 aliphatic carbocycles. The number of amides is 1. The highest BCUT2D eigenvalue weighted by atomic mass is 79.9. The highest BCUT2D eigenvalue weighted by molar-refractivity contribution is 9.10. The van der Waals surface area contributed by atoms with Gasteiger partial charge in [0.1, 0.15) is 5.69 Å². The van der Waals surface area contributed by atoms with Crippen LogP contribution in [0, 0.1) is 0 Å². The molecular weight excluding hydrogens is 330 g/mol. The predicted octanol–water partition coefficient (Wildman–Crippen LogP) is 3.75. The summed E-state index contributed by atoms with van der Waals surface area (Å²) < 4.78 is 0.830. The first kappa shape index (κ1) is 14.0. The minimum atomic E-state index is -0.212. The molecular formula is C13H13BrClN3O. The lowest BCUT2D eigenvalue weighted by atomic mass is 10.2. The van der Waals surface area contributed by atoms with E-state index in [4.69, 9.17) is 11.6 Å². The van der Waals surface area contributed by atoms with E-state index in [1.54, 1.807) is 24.4 Å². The Morgan fingerprint density at radius 3 is 2.68 bits per heavy atom. The Balaban J connectivity index is 2.27. The molecule has 0 saturated heterocycles. The van der Waals surface area contributed by atoms with Gasteiger partial charge in [0, 0.05) is 29.8 Å². The maximum Gasteiger partial charge on any atom is 0.272 e. The van der Waals surface area contributed by atoms with E-state index in [1.165, 1.54) is 0 Å². The molecule has 4 nitrogen and oxygen atoms in total. The lowest BCUT2D eigenvalue weighted by Gasteiger charge is -2.18. The fourth-order valence-electron chi connectivity index (χ4n) is 1.69. The van der Waals surface area contributed by atoms with Crippen molar-refractivity contribution in [2.24, 2.45) is 0 Å². The zero-order valence-corrected chi connectivity index (χ0v) is 12.8. The first-order valence-corrected chi connectivity index (χ1v) is 6.76. The highest BCUT2D eigenvalue weighted by Gasteiger charge is 2.12. The number of benzene rings is 1. The number of halogens is 2. The van der Waals surface area contributed by atoms with Gasteiger partial charge in [-0.2, -0.15) is 0 Å². The number of hydrogen-bond donors (Lipinski definition) is 2. The normalized spacial score (nSPS) is 10.3. The van der Waals surface area contributed by atoms with Crippen LogP contribution in [0.1, 0.15) is 10.5 Å². The molecule has 0 radical (unpaired) electrons. The summed E-state index contributed by atoms with van der Waals surface area (Å²) in [4.78, 5) is 16.9. The van der Waals surface area contributed by atoms with E-state index in [0.717, 1.165) is 10.2 Å². The number of aromatic amines is 1. The van der Waals surface area contributed by atoms with Crippen molar-refractivity contribution in [3.8, 4) is 0 Å². The van der Waals surface area contributed by atoms with E-state index in [-0.39, 0.29) is 5.91 Å². The molecule has 0 aliphatic heterocycles. The summed E-state index contributed by atoms with van der Waals surface area (Å²) in [6.45, 7) is 0. The monoisotopic (exact) mass is 341 g/mol. The lowest BCUT2D eigenvalue weighted by Crippen LogP contribution is -2.17. The fraction of sp³-hybridized carbons (Fsp3) is 0.154. The van der Waals surface area contributed by atoms with Crippen LogP contribution in [-0.4, -0.2) is 25.0 Å². The molecule has 1 amide bonds. The number of aromatic nitrogens is 1. The van der Waals surface area contributed by atoms with Crippen LogP contribution in [0.3, 0.4) is 0 Å². The molecule has 100 valence electrons. The van der Waals surface area contributed by atoms with Gasteiger partial charge in [0.05, 0.1) is 11.4 Å². The number of nitrogens with one attached hydrogen (secondary N) is 2. The zero-order chi connectivity index (χ0) is 14.0. The molecule has 0 fully saturated rings. The Kier molecular flexibility index (Phi) is 4.17. The van der Waals surface area contributed by atoms with Crippen LogP contribution < -0.4 is 10.2 Å². The molecule has 1 aromatic heterocycles. The molecule has 0 saturated carbocycles. The summed E-state index contributed by atoms with van der Waals surface area (Å²) in [5, 5.41) is 3.42. The molecule has 1 heterocycles. The molecule has 2 N–H and O–H groups in total. The number of carbonyl (C=O) groups excluding carboxylic acids is 1. The molecule has 0 unspecified atom stereocenters. The minimum absolute atomic E-state index is 0.212. The Morgan fingerprint density at radius 1 is 1.37 bits per heavy atom. The van der Waals surface area contributed by atoms with Gasteiger partial charge in [0.15, 0.2) is 0 Å².